The van der Waals surface area contributed by atoms with Crippen molar-refractivity contribution in [3.8, 4) is 11.5 Å². The molecule has 0 unspecified atom stereocenters. The first-order chi connectivity index (χ1) is 9.79. The summed E-state index contributed by atoms with van der Waals surface area (Å²) in [5.41, 5.74) is 4.50. The largest absolute Gasteiger partial charge is 0.370 e. The molecule has 0 amide bonds. The maximum Gasteiger partial charge on any atom is 0.180 e. The van der Waals surface area contributed by atoms with Crippen LogP contribution >= 0.6 is 0 Å². The Kier molecular flexibility index (Phi) is 3.63. The lowest BCUT2D eigenvalue weighted by atomic mass is 10.2. The predicted octanol–water partition coefficient (Wildman–Crippen LogP) is 3.16. The number of nitrogens with one attached hydrogen (secondary N) is 1. The SMILES string of the molecule is CCCNc1nc(-c2ncccc2C)nc2c1CCC2. The van der Waals surface area contributed by atoms with E-state index in [-0.39, 0.29) is 0 Å². The third kappa shape index (κ3) is 2.38. The number of anilines is 1. The van der Waals surface area contributed by atoms with Gasteiger partial charge in [0.25, 0.3) is 0 Å². The molecule has 2 aromatic heterocycles. The number of nitrogens with zero attached hydrogens (tertiary/aromatic N) is 3. The summed E-state index contributed by atoms with van der Waals surface area (Å²) in [6.07, 6.45) is 6.21. The van der Waals surface area contributed by atoms with Crippen LogP contribution in [0.15, 0.2) is 18.3 Å². The third-order valence-corrected chi connectivity index (χ3v) is 3.70. The summed E-state index contributed by atoms with van der Waals surface area (Å²) < 4.78 is 0. The second-order valence-electron chi connectivity index (χ2n) is 5.27. The van der Waals surface area contributed by atoms with Gasteiger partial charge in [0.1, 0.15) is 11.5 Å². The lowest BCUT2D eigenvalue weighted by Gasteiger charge is -2.12. The fourth-order valence-electron chi connectivity index (χ4n) is 2.65. The molecule has 4 nitrogen and oxygen atoms in total. The van der Waals surface area contributed by atoms with Crippen LogP contribution in [0.2, 0.25) is 0 Å². The normalized spacial score (nSPS) is 13.3. The van der Waals surface area contributed by atoms with Gasteiger partial charge in [0.2, 0.25) is 0 Å². The summed E-state index contributed by atoms with van der Waals surface area (Å²) >= 11 is 0. The lowest BCUT2D eigenvalue weighted by Crippen LogP contribution is -2.08. The molecule has 0 aliphatic heterocycles. The van der Waals surface area contributed by atoms with E-state index in [9.17, 15) is 0 Å². The first-order valence-electron chi connectivity index (χ1n) is 7.35. The molecule has 3 rings (SSSR count). The Labute approximate surface area is 119 Å². The highest BCUT2D eigenvalue weighted by molar-refractivity contribution is 5.60. The van der Waals surface area contributed by atoms with Crippen molar-refractivity contribution >= 4 is 5.82 Å². The average molecular weight is 268 g/mol. The number of pyridine rings is 1. The molecule has 0 spiro atoms. The molecule has 0 radical (unpaired) electrons. The Bertz CT molecular complexity index is 622. The van der Waals surface area contributed by atoms with Gasteiger partial charge in [-0.15, -0.1) is 0 Å². The summed E-state index contributed by atoms with van der Waals surface area (Å²) in [4.78, 5) is 13.9. The topological polar surface area (TPSA) is 50.7 Å². The molecule has 1 aliphatic rings. The van der Waals surface area contributed by atoms with Gasteiger partial charge in [0.15, 0.2) is 5.82 Å². The highest BCUT2D eigenvalue weighted by Gasteiger charge is 2.20. The van der Waals surface area contributed by atoms with E-state index in [4.69, 9.17) is 9.97 Å². The summed E-state index contributed by atoms with van der Waals surface area (Å²) in [6, 6.07) is 4.00. The molecule has 104 valence electrons. The van der Waals surface area contributed by atoms with Crippen molar-refractivity contribution < 1.29 is 0 Å². The molecule has 0 saturated heterocycles. The molecule has 20 heavy (non-hydrogen) atoms. The minimum absolute atomic E-state index is 0.752. The number of hydrogen-bond donors (Lipinski definition) is 1. The van der Waals surface area contributed by atoms with Gasteiger partial charge in [-0.1, -0.05) is 13.0 Å². The van der Waals surface area contributed by atoms with Crippen molar-refractivity contribution in [2.75, 3.05) is 11.9 Å². The average Bonchev–Trinajstić information content (AvgIpc) is 2.93. The monoisotopic (exact) mass is 268 g/mol. The molecular weight excluding hydrogens is 248 g/mol. The summed E-state index contributed by atoms with van der Waals surface area (Å²) in [5.74, 6) is 1.76. The zero-order valence-corrected chi connectivity index (χ0v) is 12.1. The van der Waals surface area contributed by atoms with Crippen LogP contribution in [0.1, 0.15) is 36.6 Å². The summed E-state index contributed by atoms with van der Waals surface area (Å²) in [5, 5.41) is 3.45. The van der Waals surface area contributed by atoms with E-state index in [1.54, 1.807) is 6.20 Å². The Balaban J connectivity index is 2.06. The zero-order chi connectivity index (χ0) is 13.9. The highest BCUT2D eigenvalue weighted by Crippen LogP contribution is 2.29. The van der Waals surface area contributed by atoms with Crippen LogP contribution in [-0.4, -0.2) is 21.5 Å². The first-order valence-corrected chi connectivity index (χ1v) is 7.35. The minimum Gasteiger partial charge on any atom is -0.370 e. The smallest absolute Gasteiger partial charge is 0.180 e. The van der Waals surface area contributed by atoms with E-state index >= 15 is 0 Å². The van der Waals surface area contributed by atoms with Crippen LogP contribution in [-0.2, 0) is 12.8 Å². The van der Waals surface area contributed by atoms with Gasteiger partial charge in [0.05, 0.1) is 0 Å². The van der Waals surface area contributed by atoms with Crippen molar-refractivity contribution in [2.45, 2.75) is 39.5 Å². The molecule has 0 fully saturated rings. The fraction of sp³-hybridized carbons (Fsp3) is 0.438. The summed E-state index contributed by atoms with van der Waals surface area (Å²) in [6.45, 7) is 5.17. The van der Waals surface area contributed by atoms with Crippen LogP contribution < -0.4 is 5.32 Å². The van der Waals surface area contributed by atoms with Gasteiger partial charge in [-0.25, -0.2) is 9.97 Å². The quantitative estimate of drug-likeness (QED) is 0.925. The fourth-order valence-corrected chi connectivity index (χ4v) is 2.65. The molecule has 4 heteroatoms. The maximum atomic E-state index is 4.74. The molecule has 2 heterocycles. The van der Waals surface area contributed by atoms with E-state index in [1.165, 1.54) is 17.7 Å². The zero-order valence-electron chi connectivity index (χ0n) is 12.1. The summed E-state index contributed by atoms with van der Waals surface area (Å²) in [7, 11) is 0. The van der Waals surface area contributed by atoms with Crippen molar-refractivity contribution in [1.82, 2.24) is 15.0 Å². The van der Waals surface area contributed by atoms with Gasteiger partial charge in [-0.2, -0.15) is 0 Å². The highest BCUT2D eigenvalue weighted by atomic mass is 15.0. The van der Waals surface area contributed by atoms with Crippen molar-refractivity contribution in [3.05, 3.63) is 35.2 Å². The Hall–Kier alpha value is -1.97. The Morgan fingerprint density at radius 1 is 1.25 bits per heavy atom. The number of aromatic nitrogens is 3. The molecule has 0 saturated carbocycles. The van der Waals surface area contributed by atoms with Crippen molar-refractivity contribution in [1.29, 1.82) is 0 Å². The van der Waals surface area contributed by atoms with Crippen LogP contribution in [0.25, 0.3) is 11.5 Å². The van der Waals surface area contributed by atoms with Crippen LogP contribution in [0, 0.1) is 6.92 Å². The Morgan fingerprint density at radius 2 is 2.15 bits per heavy atom. The van der Waals surface area contributed by atoms with Gasteiger partial charge in [-0.05, 0) is 44.2 Å². The van der Waals surface area contributed by atoms with E-state index in [1.807, 2.05) is 6.07 Å². The minimum atomic E-state index is 0.752. The first kappa shape index (κ1) is 13.0. The van der Waals surface area contributed by atoms with Gasteiger partial charge >= 0.3 is 0 Å². The van der Waals surface area contributed by atoms with Crippen LogP contribution in [0.5, 0.6) is 0 Å². The molecule has 0 atom stereocenters. The molecular formula is C16H20N4. The number of hydrogen-bond acceptors (Lipinski definition) is 4. The lowest BCUT2D eigenvalue weighted by molar-refractivity contribution is 0.899. The molecule has 0 aromatic carbocycles. The van der Waals surface area contributed by atoms with Gasteiger partial charge < -0.3 is 5.32 Å². The van der Waals surface area contributed by atoms with E-state index < -0.39 is 0 Å². The molecule has 0 bridgehead atoms. The van der Waals surface area contributed by atoms with E-state index in [0.29, 0.717) is 0 Å². The van der Waals surface area contributed by atoms with E-state index in [0.717, 1.165) is 48.7 Å². The van der Waals surface area contributed by atoms with Gasteiger partial charge in [-0.3, -0.25) is 4.98 Å². The molecule has 1 N–H and O–H groups in total. The molecule has 2 aromatic rings. The van der Waals surface area contributed by atoms with E-state index in [2.05, 4.69) is 30.2 Å². The standard InChI is InChI=1S/C16H20N4/c1-3-9-18-15-12-7-4-8-13(12)19-16(20-15)14-11(2)6-5-10-17-14/h5-6,10H,3-4,7-9H2,1-2H3,(H,18,19,20). The van der Waals surface area contributed by atoms with Crippen molar-refractivity contribution in [2.24, 2.45) is 0 Å². The van der Waals surface area contributed by atoms with Crippen molar-refractivity contribution in [3.63, 3.8) is 0 Å². The number of fused-ring (bicyclic) bond motifs is 1. The van der Waals surface area contributed by atoms with Crippen LogP contribution in [0.3, 0.4) is 0 Å². The number of aryl methyl sites for hydroxylation is 2. The predicted molar refractivity (Wildman–Crippen MR) is 80.8 cm³/mol. The second-order valence-corrected chi connectivity index (χ2v) is 5.27. The number of rotatable bonds is 4. The molecule has 1 aliphatic carbocycles. The second kappa shape index (κ2) is 5.57. The third-order valence-electron chi connectivity index (χ3n) is 3.70. The van der Waals surface area contributed by atoms with Crippen LogP contribution in [0.4, 0.5) is 5.82 Å². The maximum absolute atomic E-state index is 4.74. The Morgan fingerprint density at radius 3 is 2.95 bits per heavy atom. The van der Waals surface area contributed by atoms with Gasteiger partial charge in [0, 0.05) is 24.0 Å².